The molecule has 0 N–H and O–H groups in total. The lowest BCUT2D eigenvalue weighted by molar-refractivity contribution is 0.364. The highest BCUT2D eigenvalue weighted by atomic mass is 35.5. The molecule has 0 unspecified atom stereocenters. The molecule has 0 saturated carbocycles. The van der Waals surface area contributed by atoms with E-state index in [1.165, 1.54) is 0 Å². The van der Waals surface area contributed by atoms with Crippen molar-refractivity contribution in [2.75, 3.05) is 0 Å². The molecule has 0 fully saturated rings. The normalized spacial score (nSPS) is 10.7. The van der Waals surface area contributed by atoms with Gasteiger partial charge in [0, 0.05) is 5.92 Å². The van der Waals surface area contributed by atoms with Crippen molar-refractivity contribution in [3.63, 3.8) is 0 Å². The highest BCUT2D eigenvalue weighted by Gasteiger charge is 2.06. The second-order valence-electron chi connectivity index (χ2n) is 2.06. The first-order valence-electron chi connectivity index (χ1n) is 2.69. The van der Waals surface area contributed by atoms with Gasteiger partial charge in [0.15, 0.2) is 0 Å². The van der Waals surface area contributed by atoms with E-state index in [0.717, 1.165) is 0 Å². The van der Waals surface area contributed by atoms with Crippen LogP contribution in [0.25, 0.3) is 0 Å². The monoisotopic (exact) mass is 146 g/mol. The molecule has 0 aliphatic heterocycles. The second kappa shape index (κ2) is 2.35. The number of rotatable bonds is 1. The minimum absolute atomic E-state index is 0.179. The fourth-order valence-electron chi connectivity index (χ4n) is 0.451. The van der Waals surface area contributed by atoms with Gasteiger partial charge in [0.1, 0.15) is 0 Å². The summed E-state index contributed by atoms with van der Waals surface area (Å²) < 4.78 is 4.73. The third-order valence-electron chi connectivity index (χ3n) is 0.911. The van der Waals surface area contributed by atoms with Crippen LogP contribution in [0, 0.1) is 0 Å². The van der Waals surface area contributed by atoms with Crippen molar-refractivity contribution in [1.29, 1.82) is 0 Å². The molecular weight excluding hydrogens is 140 g/mol. The summed E-state index contributed by atoms with van der Waals surface area (Å²) in [7, 11) is 0. The van der Waals surface area contributed by atoms with Crippen molar-refractivity contribution in [3.8, 4) is 0 Å². The van der Waals surface area contributed by atoms with E-state index >= 15 is 0 Å². The highest BCUT2D eigenvalue weighted by molar-refractivity contribution is 6.28. The minimum Gasteiger partial charge on any atom is -0.338 e. The number of halogens is 1. The van der Waals surface area contributed by atoms with Crippen LogP contribution in [0.2, 0.25) is 5.28 Å². The number of aromatic nitrogens is 2. The first-order valence-corrected chi connectivity index (χ1v) is 3.07. The predicted octanol–water partition coefficient (Wildman–Crippen LogP) is 1.85. The van der Waals surface area contributed by atoms with Crippen LogP contribution in [0.3, 0.4) is 0 Å². The molecule has 0 spiro atoms. The quantitative estimate of drug-likeness (QED) is 0.607. The molecule has 1 rings (SSSR count). The molecule has 4 heteroatoms. The fourth-order valence-corrected chi connectivity index (χ4v) is 0.568. The van der Waals surface area contributed by atoms with Gasteiger partial charge < -0.3 is 4.52 Å². The van der Waals surface area contributed by atoms with E-state index in [1.54, 1.807) is 0 Å². The van der Waals surface area contributed by atoms with Gasteiger partial charge in [-0.3, -0.25) is 0 Å². The van der Waals surface area contributed by atoms with E-state index in [9.17, 15) is 0 Å². The largest absolute Gasteiger partial charge is 0.338 e. The van der Waals surface area contributed by atoms with Gasteiger partial charge in [0.25, 0.3) is 5.28 Å². The fraction of sp³-hybridized carbons (Fsp3) is 0.600. The Labute approximate surface area is 58.0 Å². The Balaban J connectivity index is 2.85. The maximum atomic E-state index is 5.39. The molecule has 1 aromatic heterocycles. The molecular formula is C5H7ClN2O. The Bertz CT molecular complexity index is 197. The summed E-state index contributed by atoms with van der Waals surface area (Å²) >= 11 is 5.39. The topological polar surface area (TPSA) is 38.9 Å². The number of hydrogen-bond acceptors (Lipinski definition) is 3. The molecule has 1 aromatic rings. The van der Waals surface area contributed by atoms with Crippen LogP contribution in [0.4, 0.5) is 0 Å². The van der Waals surface area contributed by atoms with Gasteiger partial charge in [-0.25, -0.2) is 0 Å². The van der Waals surface area contributed by atoms with E-state index in [0.29, 0.717) is 5.89 Å². The summed E-state index contributed by atoms with van der Waals surface area (Å²) in [5, 5.41) is 3.60. The molecule has 1 heterocycles. The molecule has 0 aliphatic carbocycles. The van der Waals surface area contributed by atoms with Crippen LogP contribution < -0.4 is 0 Å². The van der Waals surface area contributed by atoms with E-state index < -0.39 is 0 Å². The minimum atomic E-state index is 0.179. The molecule has 50 valence electrons. The lowest BCUT2D eigenvalue weighted by atomic mass is 10.2. The van der Waals surface area contributed by atoms with Crippen molar-refractivity contribution in [2.45, 2.75) is 19.8 Å². The third kappa shape index (κ3) is 1.42. The maximum absolute atomic E-state index is 5.39. The van der Waals surface area contributed by atoms with Gasteiger partial charge in [-0.15, -0.1) is 0 Å². The lowest BCUT2D eigenvalue weighted by Crippen LogP contribution is -1.84. The Kier molecular flexibility index (Phi) is 1.71. The lowest BCUT2D eigenvalue weighted by Gasteiger charge is -1.90. The zero-order chi connectivity index (χ0) is 6.85. The average Bonchev–Trinajstić information content (AvgIpc) is 2.14. The first kappa shape index (κ1) is 6.55. The van der Waals surface area contributed by atoms with Crippen LogP contribution in [0.1, 0.15) is 25.7 Å². The van der Waals surface area contributed by atoms with E-state index in [-0.39, 0.29) is 11.2 Å². The molecule has 0 saturated heterocycles. The van der Waals surface area contributed by atoms with Crippen molar-refractivity contribution in [1.82, 2.24) is 10.1 Å². The van der Waals surface area contributed by atoms with Crippen LogP contribution in [-0.4, -0.2) is 10.1 Å². The zero-order valence-corrected chi connectivity index (χ0v) is 6.01. The summed E-state index contributed by atoms with van der Waals surface area (Å²) in [5.74, 6) is 0.838. The molecule has 0 bridgehead atoms. The summed E-state index contributed by atoms with van der Waals surface area (Å²) in [6.07, 6.45) is 0. The Morgan fingerprint density at radius 1 is 1.56 bits per heavy atom. The molecule has 0 atom stereocenters. The van der Waals surface area contributed by atoms with E-state index in [4.69, 9.17) is 16.1 Å². The number of hydrogen-bond donors (Lipinski definition) is 0. The van der Waals surface area contributed by atoms with Gasteiger partial charge in [-0.05, 0) is 16.8 Å². The maximum Gasteiger partial charge on any atom is 0.263 e. The predicted molar refractivity (Wildman–Crippen MR) is 33.4 cm³/mol. The smallest absolute Gasteiger partial charge is 0.263 e. The van der Waals surface area contributed by atoms with Crippen molar-refractivity contribution in [2.24, 2.45) is 0 Å². The van der Waals surface area contributed by atoms with Crippen LogP contribution in [0.15, 0.2) is 4.52 Å². The van der Waals surface area contributed by atoms with Gasteiger partial charge in [-0.1, -0.05) is 13.8 Å². The molecule has 9 heavy (non-hydrogen) atoms. The average molecular weight is 147 g/mol. The summed E-state index contributed by atoms with van der Waals surface area (Å²) in [5.41, 5.74) is 0. The first-order chi connectivity index (χ1) is 4.20. The van der Waals surface area contributed by atoms with E-state index in [1.807, 2.05) is 13.8 Å². The molecule has 0 amide bonds. The molecule has 0 aromatic carbocycles. The Morgan fingerprint density at radius 3 is 2.44 bits per heavy atom. The second-order valence-corrected chi connectivity index (χ2v) is 2.39. The van der Waals surface area contributed by atoms with Gasteiger partial charge in [0.2, 0.25) is 5.89 Å². The summed E-state index contributed by atoms with van der Waals surface area (Å²) in [6.45, 7) is 3.92. The van der Waals surface area contributed by atoms with E-state index in [2.05, 4.69) is 10.1 Å². The van der Waals surface area contributed by atoms with Gasteiger partial charge in [-0.2, -0.15) is 4.98 Å². The van der Waals surface area contributed by atoms with Crippen molar-refractivity contribution < 1.29 is 4.52 Å². The standard InChI is InChI=1S/C5H7ClN2O/c1-3(2)4-7-5(6)8-9-4/h3H,1-2H3. The Morgan fingerprint density at radius 2 is 2.22 bits per heavy atom. The summed E-state index contributed by atoms with van der Waals surface area (Å²) in [4.78, 5) is 3.80. The Hall–Kier alpha value is -0.570. The van der Waals surface area contributed by atoms with Crippen LogP contribution >= 0.6 is 11.6 Å². The molecule has 3 nitrogen and oxygen atoms in total. The van der Waals surface area contributed by atoms with Crippen LogP contribution in [0.5, 0.6) is 0 Å². The van der Waals surface area contributed by atoms with Gasteiger partial charge in [0.05, 0.1) is 0 Å². The van der Waals surface area contributed by atoms with Crippen molar-refractivity contribution >= 4 is 11.6 Å². The number of nitrogens with zero attached hydrogens (tertiary/aromatic N) is 2. The van der Waals surface area contributed by atoms with Gasteiger partial charge >= 0.3 is 0 Å². The van der Waals surface area contributed by atoms with Crippen LogP contribution in [-0.2, 0) is 0 Å². The summed E-state index contributed by atoms with van der Waals surface area (Å²) in [6, 6.07) is 0. The third-order valence-corrected chi connectivity index (χ3v) is 1.06. The SMILES string of the molecule is CC(C)c1nc(Cl)no1. The highest BCUT2D eigenvalue weighted by Crippen LogP contribution is 2.12. The molecule has 0 radical (unpaired) electrons. The molecule has 0 aliphatic rings. The van der Waals surface area contributed by atoms with Crippen molar-refractivity contribution in [3.05, 3.63) is 11.2 Å². The zero-order valence-electron chi connectivity index (χ0n) is 5.26.